The molecule has 0 spiro atoms. The van der Waals surface area contributed by atoms with E-state index in [2.05, 4.69) is 27.4 Å². The molecule has 136 valence electrons. The third-order valence-corrected chi connectivity index (χ3v) is 5.48. The number of anilines is 1. The molecular formula is C18H20N4O2S2. The van der Waals surface area contributed by atoms with Crippen LogP contribution in [0, 0.1) is 6.92 Å². The van der Waals surface area contributed by atoms with Gasteiger partial charge in [0.05, 0.1) is 22.4 Å². The van der Waals surface area contributed by atoms with Gasteiger partial charge in [0.15, 0.2) is 0 Å². The second-order valence-electron chi connectivity index (χ2n) is 5.80. The number of carbonyl (C=O) groups excluding carboxylic acids is 1. The molecule has 0 saturated carbocycles. The van der Waals surface area contributed by atoms with Crippen molar-refractivity contribution in [3.05, 3.63) is 51.8 Å². The number of hydrogen-bond acceptors (Lipinski definition) is 7. The van der Waals surface area contributed by atoms with Crippen LogP contribution in [0.25, 0.3) is 0 Å². The molecule has 0 aliphatic heterocycles. The van der Waals surface area contributed by atoms with Crippen LogP contribution in [0.4, 0.5) is 5.69 Å². The minimum absolute atomic E-state index is 0.103. The molecule has 1 aromatic carbocycles. The number of aromatic nitrogens is 3. The van der Waals surface area contributed by atoms with Crippen LogP contribution in [-0.4, -0.2) is 26.3 Å². The molecule has 26 heavy (non-hydrogen) atoms. The lowest BCUT2D eigenvalue weighted by Gasteiger charge is -2.10. The summed E-state index contributed by atoms with van der Waals surface area (Å²) >= 11 is 2.83. The van der Waals surface area contributed by atoms with Crippen molar-refractivity contribution in [2.45, 2.75) is 44.1 Å². The van der Waals surface area contributed by atoms with E-state index in [0.717, 1.165) is 22.8 Å². The lowest BCUT2D eigenvalue weighted by Crippen LogP contribution is -2.22. The van der Waals surface area contributed by atoms with Crippen LogP contribution in [0.2, 0.25) is 0 Å². The number of hydrogen-bond donors (Lipinski definition) is 1. The van der Waals surface area contributed by atoms with Gasteiger partial charge in [-0.05, 0) is 38.0 Å². The van der Waals surface area contributed by atoms with E-state index < -0.39 is 0 Å². The van der Waals surface area contributed by atoms with Gasteiger partial charge < -0.3 is 9.73 Å². The van der Waals surface area contributed by atoms with Crippen molar-refractivity contribution in [2.75, 3.05) is 5.32 Å². The Hall–Kier alpha value is -2.19. The summed E-state index contributed by atoms with van der Waals surface area (Å²) in [6.07, 6.45) is 1.47. The molecule has 2 aromatic heterocycles. The Morgan fingerprint density at radius 3 is 2.73 bits per heavy atom. The lowest BCUT2D eigenvalue weighted by molar-refractivity contribution is -0.115. The van der Waals surface area contributed by atoms with Crippen LogP contribution in [0.15, 0.2) is 39.3 Å². The van der Waals surface area contributed by atoms with Crippen LogP contribution < -0.4 is 5.32 Å². The van der Waals surface area contributed by atoms with Gasteiger partial charge in [-0.2, -0.15) is 0 Å². The molecule has 0 fully saturated rings. The van der Waals surface area contributed by atoms with E-state index in [-0.39, 0.29) is 11.2 Å². The molecule has 0 saturated heterocycles. The Morgan fingerprint density at radius 1 is 1.31 bits per heavy atom. The summed E-state index contributed by atoms with van der Waals surface area (Å²) in [4.78, 5) is 16.7. The van der Waals surface area contributed by atoms with Gasteiger partial charge in [0.2, 0.25) is 11.8 Å². The van der Waals surface area contributed by atoms with Crippen molar-refractivity contribution in [1.29, 1.82) is 0 Å². The van der Waals surface area contributed by atoms with Gasteiger partial charge in [-0.1, -0.05) is 30.8 Å². The smallest absolute Gasteiger partial charge is 0.277 e. The van der Waals surface area contributed by atoms with Crippen LogP contribution >= 0.6 is 23.1 Å². The summed E-state index contributed by atoms with van der Waals surface area (Å²) in [5, 5.41) is 14.0. The van der Waals surface area contributed by atoms with Crippen molar-refractivity contribution >= 4 is 34.7 Å². The topological polar surface area (TPSA) is 80.9 Å². The van der Waals surface area contributed by atoms with Crippen molar-refractivity contribution < 1.29 is 9.21 Å². The summed E-state index contributed by atoms with van der Waals surface area (Å²) in [5.41, 5.74) is 2.93. The molecule has 3 rings (SSSR count). The molecule has 3 aromatic rings. The highest BCUT2D eigenvalue weighted by Gasteiger charge is 2.19. The number of thiazole rings is 1. The Balaban J connectivity index is 1.55. The van der Waals surface area contributed by atoms with Gasteiger partial charge in [0.25, 0.3) is 5.22 Å². The van der Waals surface area contributed by atoms with Crippen LogP contribution in [0.3, 0.4) is 0 Å². The molecule has 1 amide bonds. The van der Waals surface area contributed by atoms with E-state index in [1.54, 1.807) is 11.3 Å². The van der Waals surface area contributed by atoms with Crippen molar-refractivity contribution in [3.63, 3.8) is 0 Å². The largest absolute Gasteiger partial charge is 0.416 e. The normalized spacial score (nSPS) is 12.1. The van der Waals surface area contributed by atoms with Gasteiger partial charge >= 0.3 is 0 Å². The fourth-order valence-corrected chi connectivity index (χ4v) is 3.59. The number of carbonyl (C=O) groups is 1. The van der Waals surface area contributed by atoms with Gasteiger partial charge in [0.1, 0.15) is 0 Å². The van der Waals surface area contributed by atoms with Crippen molar-refractivity contribution in [1.82, 2.24) is 15.2 Å². The number of amides is 1. The first-order valence-electron chi connectivity index (χ1n) is 8.33. The molecule has 0 bridgehead atoms. The molecule has 0 radical (unpaired) electrons. The molecule has 0 aliphatic carbocycles. The lowest BCUT2D eigenvalue weighted by atomic mass is 10.1. The minimum atomic E-state index is -0.351. The number of rotatable bonds is 7. The average molecular weight is 389 g/mol. The number of thioether (sulfide) groups is 1. The van der Waals surface area contributed by atoms with E-state index in [4.69, 9.17) is 4.42 Å². The van der Waals surface area contributed by atoms with Crippen molar-refractivity contribution in [3.8, 4) is 0 Å². The molecule has 8 heteroatoms. The predicted octanol–water partition coefficient (Wildman–Crippen LogP) is 4.11. The fraction of sp³-hybridized carbons (Fsp3) is 0.333. The third kappa shape index (κ3) is 4.92. The van der Waals surface area contributed by atoms with Crippen molar-refractivity contribution in [2.24, 2.45) is 0 Å². The number of aryl methyl sites for hydroxylation is 2. The summed E-state index contributed by atoms with van der Waals surface area (Å²) in [7, 11) is 0. The number of nitrogens with one attached hydrogen (secondary N) is 1. The summed E-state index contributed by atoms with van der Waals surface area (Å²) in [6.45, 7) is 5.87. The first-order valence-corrected chi connectivity index (χ1v) is 10.1. The molecule has 6 nitrogen and oxygen atoms in total. The molecule has 0 aliphatic rings. The first-order chi connectivity index (χ1) is 12.5. The molecular weight excluding hydrogens is 368 g/mol. The zero-order valence-electron chi connectivity index (χ0n) is 14.9. The van der Waals surface area contributed by atoms with E-state index in [1.807, 2.05) is 43.5 Å². The summed E-state index contributed by atoms with van der Waals surface area (Å²) in [6, 6.07) is 7.85. The molecule has 0 unspecified atom stereocenters. The van der Waals surface area contributed by atoms with E-state index in [1.165, 1.54) is 17.3 Å². The standard InChI is InChI=1S/C18H20N4O2S2/c1-4-13-5-7-14(8-6-13)20-17(23)11(2)26-18-22-21-16(24-18)9-15-10-25-12(3)19-15/h5-8,10-11H,4,9H2,1-3H3,(H,20,23)/t11-/m1/s1. The highest BCUT2D eigenvalue weighted by atomic mass is 32.2. The Kier molecular flexibility index (Phi) is 6.05. The second kappa shape index (κ2) is 8.46. The monoisotopic (exact) mass is 388 g/mol. The molecule has 1 N–H and O–H groups in total. The van der Waals surface area contributed by atoms with Gasteiger partial charge in [0, 0.05) is 11.1 Å². The maximum Gasteiger partial charge on any atom is 0.277 e. The third-order valence-electron chi connectivity index (χ3n) is 3.72. The molecule has 1 atom stereocenters. The maximum absolute atomic E-state index is 12.3. The number of benzene rings is 1. The van der Waals surface area contributed by atoms with Crippen LogP contribution in [0.5, 0.6) is 0 Å². The van der Waals surface area contributed by atoms with Gasteiger partial charge in [-0.15, -0.1) is 21.5 Å². The van der Waals surface area contributed by atoms with E-state index in [9.17, 15) is 4.79 Å². The first kappa shape index (κ1) is 18.6. The Bertz CT molecular complexity index is 873. The summed E-state index contributed by atoms with van der Waals surface area (Å²) in [5.74, 6) is 0.398. The quantitative estimate of drug-likeness (QED) is 0.614. The predicted molar refractivity (Wildman–Crippen MR) is 104 cm³/mol. The van der Waals surface area contributed by atoms with Gasteiger partial charge in [-0.3, -0.25) is 4.79 Å². The van der Waals surface area contributed by atoms with E-state index >= 15 is 0 Å². The highest BCUT2D eigenvalue weighted by molar-refractivity contribution is 8.00. The van der Waals surface area contributed by atoms with Gasteiger partial charge in [-0.25, -0.2) is 4.98 Å². The second-order valence-corrected chi connectivity index (χ2v) is 8.15. The zero-order chi connectivity index (χ0) is 18.5. The van der Waals surface area contributed by atoms with Crippen LogP contribution in [-0.2, 0) is 17.6 Å². The fourth-order valence-electron chi connectivity index (χ4n) is 2.27. The highest BCUT2D eigenvalue weighted by Crippen LogP contribution is 2.24. The average Bonchev–Trinajstić information content (AvgIpc) is 3.24. The number of nitrogens with zero attached hydrogens (tertiary/aromatic N) is 3. The Labute approximate surface area is 160 Å². The molecule has 2 heterocycles. The Morgan fingerprint density at radius 2 is 2.08 bits per heavy atom. The minimum Gasteiger partial charge on any atom is -0.416 e. The summed E-state index contributed by atoms with van der Waals surface area (Å²) < 4.78 is 5.62. The SMILES string of the molecule is CCc1ccc(NC(=O)[C@@H](C)Sc2nnc(Cc3csc(C)n3)o2)cc1. The zero-order valence-corrected chi connectivity index (χ0v) is 16.5. The van der Waals surface area contributed by atoms with Crippen LogP contribution in [0.1, 0.15) is 36.0 Å². The van der Waals surface area contributed by atoms with E-state index in [0.29, 0.717) is 17.5 Å². The maximum atomic E-state index is 12.3.